The number of amides is 1. The molecule has 1 heterocycles. The second-order valence-corrected chi connectivity index (χ2v) is 6.09. The number of benzene rings is 2. The molecule has 0 aliphatic carbocycles. The van der Waals surface area contributed by atoms with Crippen LogP contribution in [-0.2, 0) is 16.8 Å². The number of rotatable bonds is 7. The minimum Gasteiger partial charge on any atom is -0.435 e. The topological polar surface area (TPSA) is 96.9 Å². The first-order chi connectivity index (χ1) is 13.0. The van der Waals surface area contributed by atoms with Gasteiger partial charge < -0.3 is 15.6 Å². The summed E-state index contributed by atoms with van der Waals surface area (Å²) in [6.45, 7) is -2.87. The lowest BCUT2D eigenvalue weighted by atomic mass is 9.82. The quantitative estimate of drug-likeness (QED) is 0.689. The van der Waals surface area contributed by atoms with Gasteiger partial charge in [-0.3, -0.25) is 10.1 Å². The summed E-state index contributed by atoms with van der Waals surface area (Å²) >= 11 is 0. The number of hydrogen-bond acceptors (Lipinski definition) is 5. The highest BCUT2D eigenvalue weighted by Crippen LogP contribution is 2.38. The number of aryl methyl sites for hydroxylation is 1. The van der Waals surface area contributed by atoms with Crippen molar-refractivity contribution in [3.8, 4) is 5.75 Å². The fourth-order valence-corrected chi connectivity index (χ4v) is 3.14. The van der Waals surface area contributed by atoms with Crippen LogP contribution < -0.4 is 15.8 Å². The Morgan fingerprint density at radius 1 is 1.19 bits per heavy atom. The van der Waals surface area contributed by atoms with E-state index >= 15 is 0 Å². The number of halogens is 2. The molecule has 3 rings (SSSR count). The van der Waals surface area contributed by atoms with Gasteiger partial charge in [0.15, 0.2) is 11.5 Å². The normalized spacial score (nSPS) is 19.1. The van der Waals surface area contributed by atoms with Gasteiger partial charge >= 0.3 is 6.61 Å². The first-order valence-electron chi connectivity index (χ1n) is 8.38. The third-order valence-corrected chi connectivity index (χ3v) is 4.32. The van der Waals surface area contributed by atoms with Gasteiger partial charge in [-0.05, 0) is 41.7 Å². The highest BCUT2D eigenvalue weighted by atomic mass is 19.3. The standard InChI is InChI=1S/C19H19F2N3O3/c20-17(21)27-15-8-6-13(7-9-15)19(16(26)23-18(22)24-19)14-5-1-3-12(11-14)4-2-10-25/h1,3,5-9,11,17,25H,2,4,10H2,(H3,22,23,24,26). The lowest BCUT2D eigenvalue weighted by Gasteiger charge is -2.25. The number of nitrogens with one attached hydrogen (secondary N) is 1. The zero-order chi connectivity index (χ0) is 19.4. The summed E-state index contributed by atoms with van der Waals surface area (Å²) in [7, 11) is 0. The van der Waals surface area contributed by atoms with Gasteiger partial charge in [0.2, 0.25) is 0 Å². The molecule has 142 valence electrons. The maximum atomic E-state index is 12.8. The fraction of sp³-hybridized carbons (Fsp3) is 0.263. The van der Waals surface area contributed by atoms with Crippen LogP contribution >= 0.6 is 0 Å². The Hall–Kier alpha value is -3.00. The van der Waals surface area contributed by atoms with Crippen molar-refractivity contribution < 1.29 is 23.4 Å². The average Bonchev–Trinajstić information content (AvgIpc) is 2.95. The largest absolute Gasteiger partial charge is 0.435 e. The van der Waals surface area contributed by atoms with Crippen LogP contribution in [0.2, 0.25) is 0 Å². The number of alkyl halides is 2. The monoisotopic (exact) mass is 375 g/mol. The molecule has 0 spiro atoms. The molecule has 27 heavy (non-hydrogen) atoms. The first-order valence-corrected chi connectivity index (χ1v) is 8.38. The number of aliphatic hydroxyl groups is 1. The van der Waals surface area contributed by atoms with Gasteiger partial charge in [-0.1, -0.05) is 36.4 Å². The third kappa shape index (κ3) is 3.75. The van der Waals surface area contributed by atoms with Gasteiger partial charge in [0.25, 0.3) is 5.91 Å². The minimum absolute atomic E-state index is 0.0176. The van der Waals surface area contributed by atoms with Crippen molar-refractivity contribution in [3.63, 3.8) is 0 Å². The Bertz CT molecular complexity index is 856. The van der Waals surface area contributed by atoms with Crippen molar-refractivity contribution in [2.45, 2.75) is 25.0 Å². The van der Waals surface area contributed by atoms with E-state index in [4.69, 9.17) is 10.8 Å². The number of guanidine groups is 1. The van der Waals surface area contributed by atoms with E-state index in [0.717, 1.165) is 5.56 Å². The number of aliphatic imine (C=N–C) groups is 1. The van der Waals surface area contributed by atoms with Crippen LogP contribution in [0.3, 0.4) is 0 Å². The number of nitrogens with zero attached hydrogens (tertiary/aromatic N) is 1. The van der Waals surface area contributed by atoms with Crippen molar-refractivity contribution in [1.29, 1.82) is 0 Å². The van der Waals surface area contributed by atoms with E-state index in [1.54, 1.807) is 12.1 Å². The summed E-state index contributed by atoms with van der Waals surface area (Å²) in [6, 6.07) is 13.0. The van der Waals surface area contributed by atoms with Gasteiger partial charge in [0.1, 0.15) is 5.75 Å². The molecule has 0 bridgehead atoms. The van der Waals surface area contributed by atoms with E-state index < -0.39 is 18.1 Å². The zero-order valence-electron chi connectivity index (χ0n) is 14.4. The SMILES string of the molecule is NC1=NC(c2ccc(OC(F)F)cc2)(c2cccc(CCCO)c2)C(=O)N1. The van der Waals surface area contributed by atoms with Crippen LogP contribution in [0, 0.1) is 0 Å². The average molecular weight is 375 g/mol. The second kappa shape index (κ2) is 7.71. The summed E-state index contributed by atoms with van der Waals surface area (Å²) in [5.41, 5.74) is 6.34. The molecule has 1 amide bonds. The number of aliphatic hydroxyl groups excluding tert-OH is 1. The minimum atomic E-state index is -2.93. The molecular weight excluding hydrogens is 356 g/mol. The molecule has 2 aromatic rings. The van der Waals surface area contributed by atoms with Crippen LogP contribution in [0.15, 0.2) is 53.5 Å². The maximum Gasteiger partial charge on any atom is 0.387 e. The van der Waals surface area contributed by atoms with Crippen molar-refractivity contribution in [1.82, 2.24) is 5.32 Å². The lowest BCUT2D eigenvalue weighted by Crippen LogP contribution is -2.39. The number of nitrogens with two attached hydrogens (primary N) is 1. The van der Waals surface area contributed by atoms with Crippen LogP contribution in [0.1, 0.15) is 23.1 Å². The second-order valence-electron chi connectivity index (χ2n) is 6.09. The molecule has 1 aliphatic heterocycles. The predicted molar refractivity (Wildman–Crippen MR) is 95.5 cm³/mol. The van der Waals surface area contributed by atoms with E-state index in [1.807, 2.05) is 12.1 Å². The summed E-state index contributed by atoms with van der Waals surface area (Å²) in [4.78, 5) is 17.1. The van der Waals surface area contributed by atoms with Gasteiger partial charge in [-0.25, -0.2) is 4.99 Å². The van der Waals surface area contributed by atoms with Crippen LogP contribution in [0.5, 0.6) is 5.75 Å². The van der Waals surface area contributed by atoms with Gasteiger partial charge in [-0.15, -0.1) is 0 Å². The van der Waals surface area contributed by atoms with E-state index in [1.165, 1.54) is 24.3 Å². The van der Waals surface area contributed by atoms with Crippen molar-refractivity contribution in [3.05, 3.63) is 65.2 Å². The van der Waals surface area contributed by atoms with E-state index in [2.05, 4.69) is 15.0 Å². The Morgan fingerprint density at radius 3 is 2.52 bits per heavy atom. The third-order valence-electron chi connectivity index (χ3n) is 4.32. The Kier molecular flexibility index (Phi) is 5.36. The molecule has 6 nitrogen and oxygen atoms in total. The molecule has 1 aliphatic rings. The van der Waals surface area contributed by atoms with Crippen molar-refractivity contribution in [2.75, 3.05) is 6.61 Å². The van der Waals surface area contributed by atoms with E-state index in [0.29, 0.717) is 24.0 Å². The molecule has 1 atom stereocenters. The van der Waals surface area contributed by atoms with Crippen LogP contribution in [0.25, 0.3) is 0 Å². The van der Waals surface area contributed by atoms with Crippen molar-refractivity contribution in [2.24, 2.45) is 10.7 Å². The summed E-state index contributed by atoms with van der Waals surface area (Å²) < 4.78 is 29.1. The molecular formula is C19H19F2N3O3. The number of ether oxygens (including phenoxy) is 1. The Labute approximate surface area is 154 Å². The fourth-order valence-electron chi connectivity index (χ4n) is 3.14. The number of carbonyl (C=O) groups excluding carboxylic acids is 1. The predicted octanol–water partition coefficient (Wildman–Crippen LogP) is 1.90. The molecule has 8 heteroatoms. The van der Waals surface area contributed by atoms with Crippen molar-refractivity contribution >= 4 is 11.9 Å². The van der Waals surface area contributed by atoms with Gasteiger partial charge in [-0.2, -0.15) is 8.78 Å². The molecule has 2 aromatic carbocycles. The molecule has 0 fully saturated rings. The summed E-state index contributed by atoms with van der Waals surface area (Å²) in [5, 5.41) is 11.5. The number of hydrogen-bond donors (Lipinski definition) is 3. The molecule has 0 saturated heterocycles. The zero-order valence-corrected chi connectivity index (χ0v) is 14.4. The van der Waals surface area contributed by atoms with E-state index in [9.17, 15) is 13.6 Å². The lowest BCUT2D eigenvalue weighted by molar-refractivity contribution is -0.122. The summed E-state index contributed by atoms with van der Waals surface area (Å²) in [6.07, 6.45) is 1.23. The van der Waals surface area contributed by atoms with Gasteiger partial charge in [0, 0.05) is 6.61 Å². The highest BCUT2D eigenvalue weighted by Gasteiger charge is 2.46. The van der Waals surface area contributed by atoms with E-state index in [-0.39, 0.29) is 18.3 Å². The van der Waals surface area contributed by atoms with Gasteiger partial charge in [0.05, 0.1) is 0 Å². The highest BCUT2D eigenvalue weighted by molar-refractivity contribution is 6.09. The first kappa shape index (κ1) is 18.8. The Balaban J connectivity index is 2.05. The molecule has 4 N–H and O–H groups in total. The number of carbonyl (C=O) groups is 1. The smallest absolute Gasteiger partial charge is 0.387 e. The van der Waals surface area contributed by atoms with Crippen LogP contribution in [0.4, 0.5) is 8.78 Å². The Morgan fingerprint density at radius 2 is 1.93 bits per heavy atom. The molecule has 1 unspecified atom stereocenters. The summed E-state index contributed by atoms with van der Waals surface area (Å²) in [5.74, 6) is -0.466. The molecule has 0 radical (unpaired) electrons. The molecule has 0 aromatic heterocycles. The van der Waals surface area contributed by atoms with Crippen LogP contribution in [-0.4, -0.2) is 30.2 Å². The molecule has 0 saturated carbocycles. The maximum absolute atomic E-state index is 12.8.